The molecular formula is C25H28N2O2S. The fraction of sp³-hybridized carbons (Fsp3) is 0.360. The van der Waals surface area contributed by atoms with Crippen molar-refractivity contribution in [3.63, 3.8) is 0 Å². The molecule has 0 saturated heterocycles. The van der Waals surface area contributed by atoms with Crippen LogP contribution in [0.2, 0.25) is 0 Å². The summed E-state index contributed by atoms with van der Waals surface area (Å²) < 4.78 is 0. The number of carbonyl (C=O) groups excluding carboxylic acids is 2. The summed E-state index contributed by atoms with van der Waals surface area (Å²) in [7, 11) is 0. The van der Waals surface area contributed by atoms with E-state index in [2.05, 4.69) is 25.7 Å². The molecule has 0 aromatic heterocycles. The van der Waals surface area contributed by atoms with Crippen molar-refractivity contribution in [2.75, 3.05) is 11.4 Å². The molecule has 30 heavy (non-hydrogen) atoms. The van der Waals surface area contributed by atoms with E-state index in [9.17, 15) is 9.59 Å². The molecule has 2 aliphatic rings. The van der Waals surface area contributed by atoms with Crippen LogP contribution >= 0.6 is 11.8 Å². The van der Waals surface area contributed by atoms with E-state index in [1.165, 1.54) is 6.42 Å². The molecule has 0 spiro atoms. The van der Waals surface area contributed by atoms with Crippen LogP contribution in [0.4, 0.5) is 5.69 Å². The van der Waals surface area contributed by atoms with E-state index < -0.39 is 0 Å². The molecule has 3 atom stereocenters. The molecule has 1 saturated carbocycles. The highest BCUT2D eigenvalue weighted by Gasteiger charge is 2.30. The first-order valence-electron chi connectivity index (χ1n) is 10.6. The van der Waals surface area contributed by atoms with E-state index in [0.29, 0.717) is 29.5 Å². The average molecular weight is 421 g/mol. The number of benzene rings is 2. The minimum Gasteiger partial charge on any atom is -0.349 e. The maximum Gasteiger partial charge on any atom is 0.259 e. The summed E-state index contributed by atoms with van der Waals surface area (Å²) in [5, 5.41) is 3.24. The standard InChI is InChI=1S/C25H28N2O2S/c1-4-14-27-21-15-18(24(28)26-20-10-7-8-16(2)17(20)3)12-13-23(21)30-22-11-6-5-9-19(22)25(27)29/h4-6,9,11-13,15-17,20H,1,7-8,10,14H2,2-3H3,(H,26,28)/t16-,17-,20-/m1/s1. The molecule has 0 bridgehead atoms. The van der Waals surface area contributed by atoms with E-state index in [1.807, 2.05) is 42.5 Å². The normalized spacial score (nSPS) is 23.2. The summed E-state index contributed by atoms with van der Waals surface area (Å²) in [5.74, 6) is 0.949. The van der Waals surface area contributed by atoms with Gasteiger partial charge in [-0.15, -0.1) is 6.58 Å². The van der Waals surface area contributed by atoms with Crippen LogP contribution in [0.25, 0.3) is 0 Å². The van der Waals surface area contributed by atoms with E-state index >= 15 is 0 Å². The van der Waals surface area contributed by atoms with E-state index in [0.717, 1.165) is 28.3 Å². The Labute approximate surface area is 182 Å². The Morgan fingerprint density at radius 3 is 2.80 bits per heavy atom. The van der Waals surface area contributed by atoms with Gasteiger partial charge in [0, 0.05) is 27.9 Å². The number of amides is 2. The van der Waals surface area contributed by atoms with Crippen LogP contribution in [0, 0.1) is 11.8 Å². The smallest absolute Gasteiger partial charge is 0.259 e. The molecule has 4 rings (SSSR count). The summed E-state index contributed by atoms with van der Waals surface area (Å²) in [4.78, 5) is 29.9. The van der Waals surface area contributed by atoms with Crippen LogP contribution in [-0.2, 0) is 0 Å². The van der Waals surface area contributed by atoms with Crippen molar-refractivity contribution in [3.8, 4) is 0 Å². The molecule has 4 nitrogen and oxygen atoms in total. The Morgan fingerprint density at radius 1 is 1.20 bits per heavy atom. The molecule has 5 heteroatoms. The average Bonchev–Trinajstić information content (AvgIpc) is 2.86. The SMILES string of the molecule is C=CCN1C(=O)c2ccccc2Sc2ccc(C(=O)N[C@@H]3CCC[C@@H](C)[C@H]3C)cc21. The van der Waals surface area contributed by atoms with Gasteiger partial charge >= 0.3 is 0 Å². The van der Waals surface area contributed by atoms with Crippen LogP contribution in [0.15, 0.2) is 64.9 Å². The maximum absolute atomic E-state index is 13.2. The monoisotopic (exact) mass is 420 g/mol. The zero-order valence-electron chi connectivity index (χ0n) is 17.6. The van der Waals surface area contributed by atoms with Gasteiger partial charge in [0.05, 0.1) is 11.3 Å². The minimum absolute atomic E-state index is 0.0657. The van der Waals surface area contributed by atoms with Gasteiger partial charge in [-0.3, -0.25) is 9.59 Å². The van der Waals surface area contributed by atoms with E-state index in [-0.39, 0.29) is 17.9 Å². The Balaban J connectivity index is 1.65. The summed E-state index contributed by atoms with van der Waals surface area (Å²) >= 11 is 1.56. The Morgan fingerprint density at radius 2 is 2.00 bits per heavy atom. The molecule has 156 valence electrons. The molecule has 1 heterocycles. The molecule has 0 radical (unpaired) electrons. The van der Waals surface area contributed by atoms with Crippen molar-refractivity contribution >= 4 is 29.3 Å². The zero-order chi connectivity index (χ0) is 21.3. The van der Waals surface area contributed by atoms with E-state index in [4.69, 9.17) is 0 Å². The predicted molar refractivity (Wildman–Crippen MR) is 122 cm³/mol. The third kappa shape index (κ3) is 3.91. The van der Waals surface area contributed by atoms with Gasteiger partial charge in [0.1, 0.15) is 0 Å². The largest absolute Gasteiger partial charge is 0.349 e. The first-order chi connectivity index (χ1) is 14.5. The van der Waals surface area contributed by atoms with Crippen molar-refractivity contribution < 1.29 is 9.59 Å². The lowest BCUT2D eigenvalue weighted by atomic mass is 9.78. The molecule has 2 aromatic rings. The number of hydrogen-bond acceptors (Lipinski definition) is 3. The summed E-state index contributed by atoms with van der Waals surface area (Å²) in [6.07, 6.45) is 5.12. The second-order valence-corrected chi connectivity index (χ2v) is 9.42. The van der Waals surface area contributed by atoms with Gasteiger partial charge in [-0.2, -0.15) is 0 Å². The second kappa shape index (κ2) is 8.68. The summed E-state index contributed by atoms with van der Waals surface area (Å²) in [5.41, 5.74) is 2.03. The highest BCUT2D eigenvalue weighted by Crippen LogP contribution is 2.41. The molecule has 0 unspecified atom stereocenters. The maximum atomic E-state index is 13.2. The topological polar surface area (TPSA) is 49.4 Å². The fourth-order valence-electron chi connectivity index (χ4n) is 4.41. The van der Waals surface area contributed by atoms with Gasteiger partial charge in [-0.1, -0.05) is 56.7 Å². The first kappa shape index (κ1) is 20.7. The lowest BCUT2D eigenvalue weighted by Crippen LogP contribution is -2.43. The van der Waals surface area contributed by atoms with Crippen LogP contribution in [0.3, 0.4) is 0 Å². The van der Waals surface area contributed by atoms with Gasteiger partial charge in [-0.25, -0.2) is 0 Å². The Bertz CT molecular complexity index is 987. The Hall–Kier alpha value is -2.53. The highest BCUT2D eigenvalue weighted by atomic mass is 32.2. The highest BCUT2D eigenvalue weighted by molar-refractivity contribution is 7.99. The van der Waals surface area contributed by atoms with Crippen LogP contribution in [-0.4, -0.2) is 24.4 Å². The number of nitrogens with zero attached hydrogens (tertiary/aromatic N) is 1. The number of carbonyl (C=O) groups is 2. The number of rotatable bonds is 4. The first-order valence-corrected chi connectivity index (χ1v) is 11.5. The zero-order valence-corrected chi connectivity index (χ0v) is 18.4. The number of nitrogens with one attached hydrogen (secondary N) is 1. The van der Waals surface area contributed by atoms with Crippen molar-refractivity contribution in [2.45, 2.75) is 48.9 Å². The van der Waals surface area contributed by atoms with Crippen LogP contribution < -0.4 is 10.2 Å². The van der Waals surface area contributed by atoms with Gasteiger partial charge in [0.2, 0.25) is 0 Å². The lowest BCUT2D eigenvalue weighted by Gasteiger charge is -2.34. The van der Waals surface area contributed by atoms with Gasteiger partial charge < -0.3 is 10.2 Å². The third-order valence-electron chi connectivity index (χ3n) is 6.43. The van der Waals surface area contributed by atoms with Crippen molar-refractivity contribution in [1.82, 2.24) is 5.32 Å². The second-order valence-electron chi connectivity index (χ2n) is 8.33. The summed E-state index contributed by atoms with van der Waals surface area (Å²) in [6, 6.07) is 13.5. The number of hydrogen-bond donors (Lipinski definition) is 1. The number of anilines is 1. The number of fused-ring (bicyclic) bond motifs is 2. The molecule has 2 aromatic carbocycles. The minimum atomic E-state index is -0.0680. The van der Waals surface area contributed by atoms with Gasteiger partial charge in [-0.05, 0) is 48.6 Å². The summed E-state index contributed by atoms with van der Waals surface area (Å²) in [6.45, 7) is 8.70. The molecule has 1 aliphatic heterocycles. The van der Waals surface area contributed by atoms with Crippen molar-refractivity contribution in [2.24, 2.45) is 11.8 Å². The van der Waals surface area contributed by atoms with Gasteiger partial charge in [0.15, 0.2) is 0 Å². The molecule has 1 N–H and O–H groups in total. The Kier molecular flexibility index (Phi) is 6.00. The van der Waals surface area contributed by atoms with E-state index in [1.54, 1.807) is 22.7 Å². The van der Waals surface area contributed by atoms with Crippen LogP contribution in [0.1, 0.15) is 53.8 Å². The predicted octanol–water partition coefficient (Wildman–Crippen LogP) is 5.54. The lowest BCUT2D eigenvalue weighted by molar-refractivity contribution is 0.0890. The molecule has 1 aliphatic carbocycles. The van der Waals surface area contributed by atoms with Gasteiger partial charge in [0.25, 0.3) is 11.8 Å². The molecule has 2 amide bonds. The molecule has 1 fully saturated rings. The van der Waals surface area contributed by atoms with Crippen molar-refractivity contribution in [1.29, 1.82) is 0 Å². The quantitative estimate of drug-likeness (QED) is 0.661. The fourth-order valence-corrected chi connectivity index (χ4v) is 5.47. The molecular weight excluding hydrogens is 392 g/mol. The van der Waals surface area contributed by atoms with Crippen LogP contribution in [0.5, 0.6) is 0 Å². The van der Waals surface area contributed by atoms with Crippen molar-refractivity contribution in [3.05, 3.63) is 66.2 Å². The third-order valence-corrected chi connectivity index (χ3v) is 7.57.